The largest absolute Gasteiger partial charge is 0.467 e. The molecule has 0 saturated carbocycles. The Bertz CT molecular complexity index is 1410. The number of likely N-dealkylation sites (N-methyl/N-ethyl adjacent to an activating group) is 1. The number of halogens is 2. The van der Waals surface area contributed by atoms with Crippen molar-refractivity contribution in [1.29, 1.82) is 0 Å². The van der Waals surface area contributed by atoms with Gasteiger partial charge in [0.15, 0.2) is 0 Å². The lowest BCUT2D eigenvalue weighted by molar-refractivity contribution is 0.204. The van der Waals surface area contributed by atoms with E-state index in [0.29, 0.717) is 25.1 Å². The van der Waals surface area contributed by atoms with Crippen LogP contribution in [0.2, 0.25) is 5.02 Å². The van der Waals surface area contributed by atoms with Gasteiger partial charge < -0.3 is 15.0 Å². The molecule has 48 heavy (non-hydrogen) atoms. The Labute approximate surface area is 293 Å². The van der Waals surface area contributed by atoms with Crippen LogP contribution in [-0.4, -0.2) is 95.2 Å². The molecule has 0 aliphatic carbocycles. The average molecular weight is 685 g/mol. The number of ether oxygens (including phenoxy) is 1. The summed E-state index contributed by atoms with van der Waals surface area (Å²) < 4.78 is 20.3. The molecule has 0 spiro atoms. The summed E-state index contributed by atoms with van der Waals surface area (Å²) in [5.74, 6) is 0.950. The topological polar surface area (TPSA) is 74.6 Å². The van der Waals surface area contributed by atoms with Crippen molar-refractivity contribution in [2.45, 2.75) is 111 Å². The normalized spacial score (nSPS) is 22.9. The monoisotopic (exact) mass is 684 g/mol. The molecule has 0 radical (unpaired) electrons. The quantitative estimate of drug-likeness (QED) is 0.309. The predicted molar refractivity (Wildman–Crippen MR) is 196 cm³/mol. The SMILES string of the molecule is C=C/C(CCC)=C(\C=C/C)C1Cc2nc(OC)nc(N3CCCn4nc(C)c(Cl)c4C3)c2CN1CC.CNC.FC1CC2CCCN2C1. The highest BCUT2D eigenvalue weighted by molar-refractivity contribution is 6.31. The van der Waals surface area contributed by atoms with E-state index in [-0.39, 0.29) is 6.04 Å². The molecule has 0 amide bonds. The van der Waals surface area contributed by atoms with Crippen LogP contribution in [0.5, 0.6) is 6.01 Å². The zero-order chi connectivity index (χ0) is 34.8. The summed E-state index contributed by atoms with van der Waals surface area (Å²) in [7, 11) is 5.39. The van der Waals surface area contributed by atoms with Crippen LogP contribution >= 0.6 is 11.6 Å². The standard InChI is InChI=1S/C28H39ClN6O.C7H12FN.C2H7N/c1-7-12-20(9-3)21(13-8-2)24-16-23-22(17-33(24)10-4)27(31-28(30-23)36-6)34-14-11-15-35-25(18-34)26(29)19(5)32-35;8-6-4-7-2-1-3-9(7)5-6;1-3-2/h8-9,13,24H,3,7,10-12,14-18H2,1-2,4-6H3;6-7H,1-5H2;3H,1-2H3/b13-8-,21-20-;;. The zero-order valence-corrected chi connectivity index (χ0v) is 31.1. The lowest BCUT2D eigenvalue weighted by Crippen LogP contribution is -2.43. The van der Waals surface area contributed by atoms with Crippen LogP contribution in [0.25, 0.3) is 0 Å². The third kappa shape index (κ3) is 8.86. The Morgan fingerprint density at radius 2 is 1.92 bits per heavy atom. The van der Waals surface area contributed by atoms with Crippen LogP contribution in [0.3, 0.4) is 0 Å². The predicted octanol–water partition coefficient (Wildman–Crippen LogP) is 6.69. The molecule has 266 valence electrons. The molecule has 2 aromatic heterocycles. The van der Waals surface area contributed by atoms with Crippen molar-refractivity contribution < 1.29 is 9.13 Å². The summed E-state index contributed by atoms with van der Waals surface area (Å²) in [5, 5.41) is 8.15. The first-order chi connectivity index (χ1) is 23.2. The van der Waals surface area contributed by atoms with E-state index in [1.807, 2.05) is 27.1 Å². The number of hydrogen-bond acceptors (Lipinski definition) is 8. The third-order valence-electron chi connectivity index (χ3n) is 9.72. The van der Waals surface area contributed by atoms with Gasteiger partial charge in [0.25, 0.3) is 0 Å². The minimum absolute atomic E-state index is 0.230. The molecule has 4 aliphatic rings. The zero-order valence-electron chi connectivity index (χ0n) is 30.4. The van der Waals surface area contributed by atoms with Gasteiger partial charge in [0.05, 0.1) is 35.8 Å². The van der Waals surface area contributed by atoms with Crippen molar-refractivity contribution >= 4 is 17.4 Å². The number of nitrogens with one attached hydrogen (secondary N) is 1. The van der Waals surface area contributed by atoms with Gasteiger partial charge >= 0.3 is 6.01 Å². The van der Waals surface area contributed by atoms with Crippen LogP contribution in [0.4, 0.5) is 10.2 Å². The molecule has 2 saturated heterocycles. The first-order valence-electron chi connectivity index (χ1n) is 17.8. The van der Waals surface area contributed by atoms with E-state index in [1.54, 1.807) is 7.11 Å². The second kappa shape index (κ2) is 18.3. The molecule has 6 rings (SSSR count). The summed E-state index contributed by atoms with van der Waals surface area (Å²) in [6, 6.07) is 1.26. The Balaban J connectivity index is 0.000000362. The highest BCUT2D eigenvalue weighted by Crippen LogP contribution is 2.36. The van der Waals surface area contributed by atoms with Gasteiger partial charge in [0.2, 0.25) is 0 Å². The maximum absolute atomic E-state index is 12.6. The van der Waals surface area contributed by atoms with Gasteiger partial charge in [-0.3, -0.25) is 14.5 Å². The number of rotatable bonds is 8. The molecule has 4 aliphatic heterocycles. The Hall–Kier alpha value is -2.79. The average Bonchev–Trinajstić information content (AvgIpc) is 3.69. The Kier molecular flexibility index (Phi) is 14.5. The minimum Gasteiger partial charge on any atom is -0.467 e. The number of allylic oxidation sites excluding steroid dienone is 3. The molecule has 3 unspecified atom stereocenters. The van der Waals surface area contributed by atoms with Crippen molar-refractivity contribution in [2.75, 3.05) is 52.3 Å². The fourth-order valence-corrected chi connectivity index (χ4v) is 7.71. The summed E-state index contributed by atoms with van der Waals surface area (Å²) >= 11 is 6.66. The van der Waals surface area contributed by atoms with Gasteiger partial charge in [0.1, 0.15) is 12.0 Å². The van der Waals surface area contributed by atoms with Crippen LogP contribution in [0, 0.1) is 6.92 Å². The van der Waals surface area contributed by atoms with Crippen molar-refractivity contribution in [2.24, 2.45) is 0 Å². The Morgan fingerprint density at radius 3 is 2.56 bits per heavy atom. The number of aryl methyl sites for hydroxylation is 2. The van der Waals surface area contributed by atoms with E-state index in [4.69, 9.17) is 26.3 Å². The van der Waals surface area contributed by atoms with Crippen molar-refractivity contribution in [3.63, 3.8) is 0 Å². The minimum atomic E-state index is -0.518. The molecule has 0 aromatic carbocycles. The molecular formula is C37H58ClFN8O. The molecule has 0 bridgehead atoms. The van der Waals surface area contributed by atoms with E-state index in [9.17, 15) is 4.39 Å². The highest BCUT2D eigenvalue weighted by Gasteiger charge is 2.35. The molecule has 3 atom stereocenters. The van der Waals surface area contributed by atoms with Gasteiger partial charge in [-0.05, 0) is 84.3 Å². The number of anilines is 1. The molecule has 1 N–H and O–H groups in total. The molecule has 6 heterocycles. The first-order valence-corrected chi connectivity index (χ1v) is 18.2. The summed E-state index contributed by atoms with van der Waals surface area (Å²) in [6.45, 7) is 18.6. The highest BCUT2D eigenvalue weighted by atomic mass is 35.5. The summed E-state index contributed by atoms with van der Waals surface area (Å²) in [6.07, 6.45) is 13.1. The van der Waals surface area contributed by atoms with E-state index >= 15 is 0 Å². The van der Waals surface area contributed by atoms with Gasteiger partial charge in [-0.15, -0.1) is 0 Å². The summed E-state index contributed by atoms with van der Waals surface area (Å²) in [4.78, 5) is 16.9. The van der Waals surface area contributed by atoms with Gasteiger partial charge in [-0.1, -0.05) is 56.7 Å². The van der Waals surface area contributed by atoms with Crippen LogP contribution in [0.15, 0.2) is 36.0 Å². The number of hydrogen-bond donors (Lipinski definition) is 1. The Morgan fingerprint density at radius 1 is 1.15 bits per heavy atom. The van der Waals surface area contributed by atoms with Crippen LogP contribution < -0.4 is 15.0 Å². The second-order valence-corrected chi connectivity index (χ2v) is 13.5. The number of fused-ring (bicyclic) bond motifs is 3. The van der Waals surface area contributed by atoms with Crippen LogP contribution in [0.1, 0.15) is 81.9 Å². The lowest BCUT2D eigenvalue weighted by Gasteiger charge is -2.39. The number of alkyl halides is 1. The number of nitrogens with zero attached hydrogens (tertiary/aromatic N) is 7. The van der Waals surface area contributed by atoms with E-state index < -0.39 is 6.17 Å². The van der Waals surface area contributed by atoms with Gasteiger partial charge in [-0.2, -0.15) is 15.1 Å². The van der Waals surface area contributed by atoms with Crippen molar-refractivity contribution in [3.8, 4) is 6.01 Å². The second-order valence-electron chi connectivity index (χ2n) is 13.1. The van der Waals surface area contributed by atoms with Crippen molar-refractivity contribution in [3.05, 3.63) is 63.6 Å². The summed E-state index contributed by atoms with van der Waals surface area (Å²) in [5.41, 5.74) is 6.83. The molecule has 11 heteroatoms. The molecule has 9 nitrogen and oxygen atoms in total. The maximum atomic E-state index is 12.6. The molecular weight excluding hydrogens is 627 g/mol. The fourth-order valence-electron chi connectivity index (χ4n) is 7.51. The first kappa shape index (κ1) is 38.0. The third-order valence-corrected chi connectivity index (χ3v) is 10.2. The lowest BCUT2D eigenvalue weighted by atomic mass is 9.88. The molecule has 2 fully saturated rings. The fraction of sp³-hybridized carbons (Fsp3) is 0.649. The number of methoxy groups -OCH3 is 1. The van der Waals surface area contributed by atoms with Gasteiger partial charge in [0, 0.05) is 50.2 Å². The number of aromatic nitrogens is 4. The van der Waals surface area contributed by atoms with E-state index in [0.717, 1.165) is 92.8 Å². The van der Waals surface area contributed by atoms with Gasteiger partial charge in [-0.25, -0.2) is 4.39 Å². The van der Waals surface area contributed by atoms with E-state index in [1.165, 1.54) is 29.6 Å². The van der Waals surface area contributed by atoms with Crippen LogP contribution in [-0.2, 0) is 26.1 Å². The smallest absolute Gasteiger partial charge is 0.318 e. The molecule has 2 aromatic rings. The van der Waals surface area contributed by atoms with E-state index in [2.05, 4.69) is 69.3 Å². The maximum Gasteiger partial charge on any atom is 0.318 e. The van der Waals surface area contributed by atoms with Crippen molar-refractivity contribution in [1.82, 2.24) is 34.9 Å².